The Hall–Kier alpha value is -1.86. The van der Waals surface area contributed by atoms with Gasteiger partial charge in [0.1, 0.15) is 5.75 Å². The quantitative estimate of drug-likeness (QED) is 0.458. The highest BCUT2D eigenvalue weighted by atomic mass is 32.2. The molecular weight excluding hydrogens is 296 g/mol. The lowest BCUT2D eigenvalue weighted by Crippen LogP contribution is -2.13. The van der Waals surface area contributed by atoms with E-state index in [0.717, 1.165) is 4.90 Å². The number of benzene rings is 2. The standard InChI is InChI=1S/C13H14N2O3S2/c1-19-13-5-3-2-4-11(13)15-20(17,18)9-6-7-12(16)10(14)8-9/h2-8,15-16H,14H2,1H3. The van der Waals surface area contributed by atoms with Crippen LogP contribution in [0.1, 0.15) is 0 Å². The summed E-state index contributed by atoms with van der Waals surface area (Å²) in [6.45, 7) is 0. The van der Waals surface area contributed by atoms with Gasteiger partial charge in [0.25, 0.3) is 10.0 Å². The minimum absolute atomic E-state index is 0.00343. The third-order valence-electron chi connectivity index (χ3n) is 2.66. The largest absolute Gasteiger partial charge is 0.506 e. The van der Waals surface area contributed by atoms with E-state index in [0.29, 0.717) is 5.69 Å². The molecule has 0 radical (unpaired) electrons. The Morgan fingerprint density at radius 2 is 1.90 bits per heavy atom. The maximum absolute atomic E-state index is 12.3. The van der Waals surface area contributed by atoms with Gasteiger partial charge in [0.2, 0.25) is 0 Å². The van der Waals surface area contributed by atoms with E-state index in [2.05, 4.69) is 4.72 Å². The van der Waals surface area contributed by atoms with Crippen LogP contribution in [-0.2, 0) is 10.0 Å². The van der Waals surface area contributed by atoms with Gasteiger partial charge in [-0.05, 0) is 36.6 Å². The minimum atomic E-state index is -3.74. The maximum atomic E-state index is 12.3. The van der Waals surface area contributed by atoms with Crippen LogP contribution in [0.5, 0.6) is 5.75 Å². The highest BCUT2D eigenvalue weighted by molar-refractivity contribution is 7.99. The summed E-state index contributed by atoms with van der Waals surface area (Å²) in [7, 11) is -3.74. The highest BCUT2D eigenvalue weighted by Gasteiger charge is 2.16. The third kappa shape index (κ3) is 3.00. The Bertz CT molecular complexity index is 730. The normalized spacial score (nSPS) is 11.2. The van der Waals surface area contributed by atoms with Crippen molar-refractivity contribution < 1.29 is 13.5 Å². The van der Waals surface area contributed by atoms with Gasteiger partial charge in [-0.15, -0.1) is 11.8 Å². The summed E-state index contributed by atoms with van der Waals surface area (Å²) < 4.78 is 27.1. The van der Waals surface area contributed by atoms with E-state index < -0.39 is 10.0 Å². The average molecular weight is 310 g/mol. The summed E-state index contributed by atoms with van der Waals surface area (Å²) in [5.41, 5.74) is 6.05. The van der Waals surface area contributed by atoms with Crippen molar-refractivity contribution in [1.82, 2.24) is 0 Å². The number of phenols is 1. The minimum Gasteiger partial charge on any atom is -0.506 e. The predicted molar refractivity (Wildman–Crippen MR) is 81.6 cm³/mol. The van der Waals surface area contributed by atoms with Crippen LogP contribution in [0.25, 0.3) is 0 Å². The lowest BCUT2D eigenvalue weighted by molar-refractivity contribution is 0.477. The summed E-state index contributed by atoms with van der Waals surface area (Å²) in [5, 5.41) is 9.34. The van der Waals surface area contributed by atoms with E-state index in [4.69, 9.17) is 5.73 Å². The van der Waals surface area contributed by atoms with E-state index in [-0.39, 0.29) is 16.3 Å². The monoisotopic (exact) mass is 310 g/mol. The Kier molecular flexibility index (Phi) is 4.10. The van der Waals surface area contributed by atoms with Crippen LogP contribution < -0.4 is 10.5 Å². The Balaban J connectivity index is 2.38. The number of nitrogen functional groups attached to an aromatic ring is 1. The lowest BCUT2D eigenvalue weighted by Gasteiger charge is -2.11. The molecule has 20 heavy (non-hydrogen) atoms. The van der Waals surface area contributed by atoms with Crippen molar-refractivity contribution in [2.24, 2.45) is 0 Å². The van der Waals surface area contributed by atoms with Gasteiger partial charge in [-0.25, -0.2) is 8.42 Å². The van der Waals surface area contributed by atoms with Crippen molar-refractivity contribution in [3.05, 3.63) is 42.5 Å². The molecule has 0 aromatic heterocycles. The van der Waals surface area contributed by atoms with Gasteiger partial charge in [0, 0.05) is 4.90 Å². The fourth-order valence-corrected chi connectivity index (χ4v) is 3.37. The lowest BCUT2D eigenvalue weighted by atomic mass is 10.3. The molecule has 0 bridgehead atoms. The molecule has 0 aliphatic carbocycles. The van der Waals surface area contributed by atoms with Gasteiger partial charge in [-0.1, -0.05) is 12.1 Å². The zero-order valence-corrected chi connectivity index (χ0v) is 12.3. The Labute approximate surface area is 121 Å². The van der Waals surface area contributed by atoms with Crippen LogP contribution in [0, 0.1) is 0 Å². The van der Waals surface area contributed by atoms with Gasteiger partial charge < -0.3 is 10.8 Å². The van der Waals surface area contributed by atoms with Crippen LogP contribution in [0.4, 0.5) is 11.4 Å². The van der Waals surface area contributed by atoms with Crippen molar-refractivity contribution in [2.45, 2.75) is 9.79 Å². The summed E-state index contributed by atoms with van der Waals surface area (Å²) in [6, 6.07) is 10.9. The van der Waals surface area contributed by atoms with Gasteiger partial charge in [0.15, 0.2) is 0 Å². The second kappa shape index (κ2) is 5.64. The third-order valence-corrected chi connectivity index (χ3v) is 4.82. The number of hydrogen-bond donors (Lipinski definition) is 3. The van der Waals surface area contributed by atoms with Crippen molar-refractivity contribution in [3.8, 4) is 5.75 Å². The molecule has 0 spiro atoms. The van der Waals surface area contributed by atoms with E-state index in [1.165, 1.54) is 30.0 Å². The first-order valence-corrected chi connectivity index (χ1v) is 8.39. The van der Waals surface area contributed by atoms with Crippen LogP contribution in [0.2, 0.25) is 0 Å². The fraction of sp³-hybridized carbons (Fsp3) is 0.0769. The molecule has 0 atom stereocenters. The Morgan fingerprint density at radius 1 is 1.20 bits per heavy atom. The maximum Gasteiger partial charge on any atom is 0.262 e. The molecule has 106 valence electrons. The van der Waals surface area contributed by atoms with Crippen LogP contribution in [0.15, 0.2) is 52.3 Å². The number of para-hydroxylation sites is 1. The van der Waals surface area contributed by atoms with Crippen molar-refractivity contribution >= 4 is 33.2 Å². The summed E-state index contributed by atoms with van der Waals surface area (Å²) in [4.78, 5) is 0.825. The van der Waals surface area contributed by atoms with Crippen LogP contribution in [0.3, 0.4) is 0 Å². The number of sulfonamides is 1. The van der Waals surface area contributed by atoms with E-state index in [1.807, 2.05) is 18.4 Å². The van der Waals surface area contributed by atoms with Crippen LogP contribution in [-0.4, -0.2) is 19.8 Å². The molecule has 4 N–H and O–H groups in total. The summed E-state index contributed by atoms with van der Waals surface area (Å²) >= 11 is 1.45. The molecule has 2 aromatic carbocycles. The number of hydrogen-bond acceptors (Lipinski definition) is 5. The summed E-state index contributed by atoms with van der Waals surface area (Å²) in [6.07, 6.45) is 1.87. The van der Waals surface area contributed by atoms with Gasteiger partial charge in [-0.2, -0.15) is 0 Å². The molecule has 0 saturated carbocycles. The molecular formula is C13H14N2O3S2. The van der Waals surface area contributed by atoms with Crippen molar-refractivity contribution in [2.75, 3.05) is 16.7 Å². The highest BCUT2D eigenvalue weighted by Crippen LogP contribution is 2.28. The van der Waals surface area contributed by atoms with Crippen LogP contribution >= 0.6 is 11.8 Å². The molecule has 0 amide bonds. The first-order valence-electron chi connectivity index (χ1n) is 5.68. The predicted octanol–water partition coefficient (Wildman–Crippen LogP) is 2.50. The molecule has 7 heteroatoms. The van der Waals surface area contributed by atoms with Crippen molar-refractivity contribution in [3.63, 3.8) is 0 Å². The zero-order chi connectivity index (χ0) is 14.8. The number of aromatic hydroxyl groups is 1. The number of thioether (sulfide) groups is 1. The number of anilines is 2. The molecule has 0 fully saturated rings. The van der Waals surface area contributed by atoms with Gasteiger partial charge in [0.05, 0.1) is 16.3 Å². The second-order valence-electron chi connectivity index (χ2n) is 4.03. The Morgan fingerprint density at radius 3 is 2.55 bits per heavy atom. The molecule has 0 saturated heterocycles. The number of nitrogens with one attached hydrogen (secondary N) is 1. The van der Waals surface area contributed by atoms with Crippen molar-refractivity contribution in [1.29, 1.82) is 0 Å². The van der Waals surface area contributed by atoms with E-state index in [9.17, 15) is 13.5 Å². The molecule has 0 aliphatic rings. The molecule has 2 aromatic rings. The molecule has 2 rings (SSSR count). The van der Waals surface area contributed by atoms with Gasteiger partial charge in [-0.3, -0.25) is 4.72 Å². The first kappa shape index (κ1) is 14.5. The molecule has 0 aliphatic heterocycles. The summed E-state index contributed by atoms with van der Waals surface area (Å²) in [5.74, 6) is -0.145. The van der Waals surface area contributed by atoms with E-state index >= 15 is 0 Å². The average Bonchev–Trinajstić information content (AvgIpc) is 2.42. The molecule has 0 heterocycles. The number of phenolic OH excluding ortho intramolecular Hbond substituents is 1. The van der Waals surface area contributed by atoms with Gasteiger partial charge >= 0.3 is 0 Å². The topological polar surface area (TPSA) is 92.4 Å². The fourth-order valence-electron chi connectivity index (χ4n) is 1.63. The smallest absolute Gasteiger partial charge is 0.262 e. The second-order valence-corrected chi connectivity index (χ2v) is 6.56. The SMILES string of the molecule is CSc1ccccc1NS(=O)(=O)c1ccc(O)c(N)c1. The molecule has 0 unspecified atom stereocenters. The number of rotatable bonds is 4. The number of nitrogens with two attached hydrogens (primary N) is 1. The zero-order valence-electron chi connectivity index (χ0n) is 10.7. The molecule has 5 nitrogen and oxygen atoms in total. The first-order chi connectivity index (χ1) is 9.44. The van der Waals surface area contributed by atoms with E-state index in [1.54, 1.807) is 12.1 Å².